The molecule has 0 heterocycles. The molecule has 0 aliphatic rings. The van der Waals surface area contributed by atoms with Crippen molar-refractivity contribution in [3.05, 3.63) is 170 Å². The lowest BCUT2D eigenvalue weighted by Crippen LogP contribution is -2.29. The van der Waals surface area contributed by atoms with Crippen LogP contribution in [0.3, 0.4) is 0 Å². The van der Waals surface area contributed by atoms with Crippen LogP contribution in [0.25, 0.3) is 0 Å². The van der Waals surface area contributed by atoms with Gasteiger partial charge < -0.3 is 20.1 Å². The standard InChI is InChI=1S/C67H106NO8P/c1-3-5-7-9-11-13-15-17-19-21-23-25-27-28-29-30-31-32-33-34-35-36-38-40-42-44-46-48-50-52-54-56-58-60-67(70)76-65(64-75-77(71,72)74-62-61-68)63-73-66(69)59-57-55-53-51-49-47-45-43-41-39-37-26-24-22-20-18-16-14-12-10-8-6-4-2/h5-8,11-14,17-20,23-26,28-29,31-32,34-35,39,41,45,47,51,53,65H,3-4,9-10,15-16,21-22,27,30,33,36-38,40,42-44,46,48-50,52,54-64,68H2,1-2H3,(H,71,72)/b7-5-,8-6-,13-11-,14-12-,19-17-,20-18-,25-23-,26-24-,29-28-,32-31-,35-34-,41-39-,47-45-,53-51-. The second kappa shape index (κ2) is 60.6. The highest BCUT2D eigenvalue weighted by Crippen LogP contribution is 2.43. The van der Waals surface area contributed by atoms with E-state index in [1.54, 1.807) is 0 Å². The van der Waals surface area contributed by atoms with E-state index in [1.807, 2.05) is 6.08 Å². The molecule has 0 radical (unpaired) electrons. The van der Waals surface area contributed by atoms with E-state index in [2.05, 4.69) is 178 Å². The quantitative estimate of drug-likeness (QED) is 0.0264. The van der Waals surface area contributed by atoms with E-state index in [1.165, 1.54) is 44.9 Å². The Morgan fingerprint density at radius 2 is 0.688 bits per heavy atom. The van der Waals surface area contributed by atoms with E-state index in [-0.39, 0.29) is 32.6 Å². The number of ether oxygens (including phenoxy) is 2. The third kappa shape index (κ3) is 60.5. The van der Waals surface area contributed by atoms with Gasteiger partial charge in [0.2, 0.25) is 0 Å². The summed E-state index contributed by atoms with van der Waals surface area (Å²) in [6.07, 6.45) is 89.8. The van der Waals surface area contributed by atoms with Crippen molar-refractivity contribution in [3.63, 3.8) is 0 Å². The van der Waals surface area contributed by atoms with E-state index < -0.39 is 32.5 Å². The van der Waals surface area contributed by atoms with E-state index in [0.29, 0.717) is 12.8 Å². The van der Waals surface area contributed by atoms with Crippen molar-refractivity contribution in [3.8, 4) is 0 Å². The molecule has 0 aromatic heterocycles. The minimum Gasteiger partial charge on any atom is -0.462 e. The number of nitrogens with two attached hydrogens (primary N) is 1. The number of carbonyl (C=O) groups excluding carboxylic acids is 2. The van der Waals surface area contributed by atoms with Gasteiger partial charge in [-0.05, 0) is 122 Å². The summed E-state index contributed by atoms with van der Waals surface area (Å²) in [5, 5.41) is 0. The first-order chi connectivity index (χ1) is 37.8. The molecule has 0 rings (SSSR count). The van der Waals surface area contributed by atoms with E-state index >= 15 is 0 Å². The predicted octanol–water partition coefficient (Wildman–Crippen LogP) is 19.1. The fourth-order valence-electron chi connectivity index (χ4n) is 7.31. The molecule has 0 aromatic rings. The summed E-state index contributed by atoms with van der Waals surface area (Å²) in [7, 11) is -4.42. The van der Waals surface area contributed by atoms with Crippen LogP contribution in [0.1, 0.15) is 206 Å². The number of allylic oxidation sites excluding steroid dienone is 28. The zero-order valence-corrected chi connectivity index (χ0v) is 49.0. The molecule has 0 bridgehead atoms. The van der Waals surface area contributed by atoms with Crippen molar-refractivity contribution in [1.29, 1.82) is 0 Å². The highest BCUT2D eigenvalue weighted by Gasteiger charge is 2.26. The molecule has 0 saturated carbocycles. The summed E-state index contributed by atoms with van der Waals surface area (Å²) in [4.78, 5) is 35.2. The van der Waals surface area contributed by atoms with Gasteiger partial charge >= 0.3 is 19.8 Å². The normalized spacial score (nSPS) is 14.3. The van der Waals surface area contributed by atoms with Crippen molar-refractivity contribution >= 4 is 19.8 Å². The van der Waals surface area contributed by atoms with Gasteiger partial charge in [-0.25, -0.2) is 4.57 Å². The highest BCUT2D eigenvalue weighted by atomic mass is 31.2. The number of phosphoric acid groups is 1. The number of rotatable bonds is 53. The van der Waals surface area contributed by atoms with Crippen LogP contribution in [0.2, 0.25) is 0 Å². The van der Waals surface area contributed by atoms with Crippen molar-refractivity contribution < 1.29 is 37.6 Å². The first kappa shape index (κ1) is 72.4. The Bertz CT molecular complexity index is 1860. The van der Waals surface area contributed by atoms with Crippen LogP contribution >= 0.6 is 7.82 Å². The Morgan fingerprint density at radius 1 is 0.390 bits per heavy atom. The molecule has 0 aliphatic heterocycles. The summed E-state index contributed by atoms with van der Waals surface area (Å²) >= 11 is 0. The molecule has 3 N–H and O–H groups in total. The molecule has 432 valence electrons. The Balaban J connectivity index is 4.10. The van der Waals surface area contributed by atoms with Gasteiger partial charge in [0.15, 0.2) is 6.10 Å². The van der Waals surface area contributed by atoms with E-state index in [0.717, 1.165) is 122 Å². The minimum absolute atomic E-state index is 0.0356. The molecule has 0 amide bonds. The van der Waals surface area contributed by atoms with Gasteiger partial charge in [-0.15, -0.1) is 0 Å². The van der Waals surface area contributed by atoms with Crippen LogP contribution in [0, 0.1) is 0 Å². The van der Waals surface area contributed by atoms with Gasteiger partial charge in [0.05, 0.1) is 13.2 Å². The smallest absolute Gasteiger partial charge is 0.462 e. The van der Waals surface area contributed by atoms with E-state index in [9.17, 15) is 19.0 Å². The number of carbonyl (C=O) groups is 2. The van der Waals surface area contributed by atoms with Crippen LogP contribution in [0.5, 0.6) is 0 Å². The van der Waals surface area contributed by atoms with Gasteiger partial charge in [-0.1, -0.05) is 242 Å². The molecule has 2 unspecified atom stereocenters. The molecule has 77 heavy (non-hydrogen) atoms. The number of hydrogen-bond donors (Lipinski definition) is 2. The van der Waals surface area contributed by atoms with Crippen molar-refractivity contribution in [1.82, 2.24) is 0 Å². The average Bonchev–Trinajstić information content (AvgIpc) is 3.42. The zero-order valence-electron chi connectivity index (χ0n) is 48.1. The Kier molecular flexibility index (Phi) is 57.0. The summed E-state index contributed by atoms with van der Waals surface area (Å²) in [5.41, 5.74) is 5.38. The maximum Gasteiger partial charge on any atom is 0.472 e. The molecular weight excluding hydrogens is 978 g/mol. The van der Waals surface area contributed by atoms with Crippen molar-refractivity contribution in [2.75, 3.05) is 26.4 Å². The highest BCUT2D eigenvalue weighted by molar-refractivity contribution is 7.47. The molecule has 0 aromatic carbocycles. The number of hydrogen-bond acceptors (Lipinski definition) is 8. The van der Waals surface area contributed by atoms with Crippen LogP contribution < -0.4 is 5.73 Å². The summed E-state index contributed by atoms with van der Waals surface area (Å²) in [6, 6.07) is 0. The number of phosphoric ester groups is 1. The molecule has 0 saturated heterocycles. The second-order valence-corrected chi connectivity index (χ2v) is 20.2. The predicted molar refractivity (Wildman–Crippen MR) is 329 cm³/mol. The van der Waals surface area contributed by atoms with Crippen molar-refractivity contribution in [2.45, 2.75) is 213 Å². The zero-order chi connectivity index (χ0) is 55.9. The van der Waals surface area contributed by atoms with Gasteiger partial charge in [0.25, 0.3) is 0 Å². The monoisotopic (exact) mass is 1080 g/mol. The molecule has 0 fully saturated rings. The third-order valence-electron chi connectivity index (χ3n) is 11.6. The number of unbranched alkanes of at least 4 members (excludes halogenated alkanes) is 12. The van der Waals surface area contributed by atoms with Gasteiger partial charge in [-0.2, -0.15) is 0 Å². The lowest BCUT2D eigenvalue weighted by atomic mass is 10.0. The lowest BCUT2D eigenvalue weighted by Gasteiger charge is -2.19. The van der Waals surface area contributed by atoms with Crippen LogP contribution in [-0.2, 0) is 32.7 Å². The van der Waals surface area contributed by atoms with E-state index in [4.69, 9.17) is 24.3 Å². The number of esters is 2. The summed E-state index contributed by atoms with van der Waals surface area (Å²) in [6.45, 7) is 3.42. The Hall–Kier alpha value is -4.63. The fourth-order valence-corrected chi connectivity index (χ4v) is 8.08. The third-order valence-corrected chi connectivity index (χ3v) is 12.6. The lowest BCUT2D eigenvalue weighted by molar-refractivity contribution is -0.161. The first-order valence-corrected chi connectivity index (χ1v) is 31.1. The largest absolute Gasteiger partial charge is 0.472 e. The summed E-state index contributed by atoms with van der Waals surface area (Å²) < 4.78 is 33.0. The molecule has 9 nitrogen and oxygen atoms in total. The Morgan fingerprint density at radius 3 is 1.04 bits per heavy atom. The van der Waals surface area contributed by atoms with Crippen LogP contribution in [0.4, 0.5) is 0 Å². The summed E-state index contributed by atoms with van der Waals surface area (Å²) in [5.74, 6) is -0.915. The maximum absolute atomic E-state index is 12.7. The molecule has 2 atom stereocenters. The van der Waals surface area contributed by atoms with Gasteiger partial charge in [0.1, 0.15) is 6.61 Å². The van der Waals surface area contributed by atoms with Gasteiger partial charge in [0, 0.05) is 19.4 Å². The van der Waals surface area contributed by atoms with Gasteiger partial charge in [-0.3, -0.25) is 18.6 Å². The second-order valence-electron chi connectivity index (χ2n) is 18.7. The molecule has 10 heteroatoms. The van der Waals surface area contributed by atoms with Crippen LogP contribution in [0.15, 0.2) is 170 Å². The maximum atomic E-state index is 12.7. The Labute approximate surface area is 470 Å². The molecular formula is C67H106NO8P. The molecule has 0 spiro atoms. The van der Waals surface area contributed by atoms with Crippen LogP contribution in [-0.4, -0.2) is 49.3 Å². The minimum atomic E-state index is -4.42. The molecule has 0 aliphatic carbocycles. The average molecular weight is 1080 g/mol. The van der Waals surface area contributed by atoms with Crippen molar-refractivity contribution in [2.24, 2.45) is 5.73 Å². The fraction of sp³-hybridized carbons (Fsp3) is 0.552. The first-order valence-electron chi connectivity index (χ1n) is 29.6. The SMILES string of the molecule is CC/C=C\C/C=C\C/C=C\C/C=C\C/C=C\C/C=C\C/C=C\CCCCCCCCCCCCCC(=O)OC(COC(=O)CCC/C=C\C/C=C\C/C=C\C/C=C\C/C=C\C/C=C\C/C=C\CC)COP(=O)(O)OCCN. The topological polar surface area (TPSA) is 134 Å².